The zero-order valence-corrected chi connectivity index (χ0v) is 14.0. The summed E-state index contributed by atoms with van der Waals surface area (Å²) in [7, 11) is 2.83. The van der Waals surface area contributed by atoms with Crippen LogP contribution in [0.2, 0.25) is 0 Å². The lowest BCUT2D eigenvalue weighted by Crippen LogP contribution is -2.07. The first-order valence-electron chi connectivity index (χ1n) is 7.51. The number of rotatable bonds is 4. The van der Waals surface area contributed by atoms with Crippen molar-refractivity contribution < 1.29 is 23.4 Å². The monoisotopic (exact) mass is 340 g/mol. The summed E-state index contributed by atoms with van der Waals surface area (Å²) in [5, 5.41) is 0.218. The molecule has 2 aromatic carbocycles. The van der Waals surface area contributed by atoms with Crippen LogP contribution in [-0.2, 0) is 4.79 Å². The molecule has 0 aliphatic carbocycles. The molecule has 0 bridgehead atoms. The van der Waals surface area contributed by atoms with E-state index in [-0.39, 0.29) is 33.6 Å². The molecule has 128 valence electrons. The van der Waals surface area contributed by atoms with E-state index in [1.54, 1.807) is 0 Å². The first-order chi connectivity index (χ1) is 12.0. The molecule has 0 atom stereocenters. The lowest BCUT2D eigenvalue weighted by Gasteiger charge is -2.14. The molecule has 3 rings (SSSR count). The van der Waals surface area contributed by atoms with Crippen LogP contribution >= 0.6 is 0 Å². The second-order valence-corrected chi connectivity index (χ2v) is 5.25. The average Bonchev–Trinajstić information content (AvgIpc) is 2.61. The highest BCUT2D eigenvalue weighted by Crippen LogP contribution is 2.41. The number of benzene rings is 2. The lowest BCUT2D eigenvalue weighted by atomic mass is 10.1. The Labute approximate surface area is 143 Å². The molecule has 0 saturated carbocycles. The standard InChI is InChI=1S/C19H16O6/c1-11(20)24-16-10-15(22-2)17-13(21)9-14(12-7-5-4-6-8-12)25-19(17)18(16)23-3/h4-10H,1-3H3. The van der Waals surface area contributed by atoms with Gasteiger partial charge in [0.2, 0.25) is 5.75 Å². The van der Waals surface area contributed by atoms with E-state index in [1.807, 2.05) is 30.3 Å². The Morgan fingerprint density at radius 2 is 1.72 bits per heavy atom. The topological polar surface area (TPSA) is 75.0 Å². The normalized spacial score (nSPS) is 10.5. The maximum absolute atomic E-state index is 12.7. The first kappa shape index (κ1) is 16.6. The zero-order chi connectivity index (χ0) is 18.0. The van der Waals surface area contributed by atoms with Gasteiger partial charge in [-0.15, -0.1) is 0 Å². The highest BCUT2D eigenvalue weighted by atomic mass is 16.6. The van der Waals surface area contributed by atoms with E-state index in [4.69, 9.17) is 18.6 Å². The Balaban J connectivity index is 2.37. The van der Waals surface area contributed by atoms with E-state index in [2.05, 4.69) is 0 Å². The van der Waals surface area contributed by atoms with E-state index in [1.165, 1.54) is 33.3 Å². The van der Waals surface area contributed by atoms with Gasteiger partial charge in [-0.3, -0.25) is 9.59 Å². The maximum atomic E-state index is 12.7. The van der Waals surface area contributed by atoms with Gasteiger partial charge in [0.1, 0.15) is 16.9 Å². The van der Waals surface area contributed by atoms with E-state index in [0.29, 0.717) is 5.76 Å². The molecule has 0 spiro atoms. The summed E-state index contributed by atoms with van der Waals surface area (Å²) in [6.45, 7) is 1.27. The van der Waals surface area contributed by atoms with Crippen molar-refractivity contribution >= 4 is 16.9 Å². The summed E-state index contributed by atoms with van der Waals surface area (Å²) in [4.78, 5) is 24.0. The summed E-state index contributed by atoms with van der Waals surface area (Å²) in [5.74, 6) is 0.355. The Kier molecular flexibility index (Phi) is 4.43. The molecule has 1 heterocycles. The molecule has 0 amide bonds. The van der Waals surface area contributed by atoms with E-state index in [0.717, 1.165) is 5.56 Å². The molecule has 0 saturated heterocycles. The van der Waals surface area contributed by atoms with E-state index in [9.17, 15) is 9.59 Å². The zero-order valence-electron chi connectivity index (χ0n) is 14.0. The Morgan fingerprint density at radius 1 is 1.00 bits per heavy atom. The number of esters is 1. The second kappa shape index (κ2) is 6.68. The van der Waals surface area contributed by atoms with Crippen LogP contribution in [0.25, 0.3) is 22.3 Å². The number of ether oxygens (including phenoxy) is 3. The van der Waals surface area contributed by atoms with Crippen molar-refractivity contribution in [2.24, 2.45) is 0 Å². The third kappa shape index (κ3) is 3.06. The van der Waals surface area contributed by atoms with Gasteiger partial charge < -0.3 is 18.6 Å². The van der Waals surface area contributed by atoms with Crippen molar-refractivity contribution in [1.82, 2.24) is 0 Å². The van der Waals surface area contributed by atoms with Gasteiger partial charge in [-0.2, -0.15) is 0 Å². The molecule has 3 aromatic rings. The molecule has 0 aliphatic heterocycles. The van der Waals surface area contributed by atoms with E-state index < -0.39 is 5.97 Å². The number of hydrogen-bond donors (Lipinski definition) is 0. The van der Waals surface area contributed by atoms with Crippen molar-refractivity contribution in [3.8, 4) is 28.6 Å². The number of methoxy groups -OCH3 is 2. The minimum absolute atomic E-state index is 0.118. The molecule has 6 heteroatoms. The van der Waals surface area contributed by atoms with Gasteiger partial charge in [0.25, 0.3) is 0 Å². The number of carbonyl (C=O) groups excluding carboxylic acids is 1. The highest BCUT2D eigenvalue weighted by molar-refractivity contribution is 5.92. The van der Waals surface area contributed by atoms with Crippen LogP contribution in [0.4, 0.5) is 0 Å². The molecule has 1 aromatic heterocycles. The summed E-state index contributed by atoms with van der Waals surface area (Å²) >= 11 is 0. The van der Waals surface area contributed by atoms with Crippen LogP contribution in [-0.4, -0.2) is 20.2 Å². The van der Waals surface area contributed by atoms with Gasteiger partial charge in [0, 0.05) is 24.6 Å². The summed E-state index contributed by atoms with van der Waals surface area (Å²) in [5.41, 5.74) is 0.606. The second-order valence-electron chi connectivity index (χ2n) is 5.25. The minimum atomic E-state index is -0.527. The first-order valence-corrected chi connectivity index (χ1v) is 7.51. The Morgan fingerprint density at radius 3 is 2.32 bits per heavy atom. The third-order valence-electron chi connectivity index (χ3n) is 3.62. The van der Waals surface area contributed by atoms with Gasteiger partial charge in [-0.05, 0) is 0 Å². The fourth-order valence-electron chi connectivity index (χ4n) is 2.59. The van der Waals surface area contributed by atoms with Crippen molar-refractivity contribution in [2.75, 3.05) is 14.2 Å². The number of fused-ring (bicyclic) bond motifs is 1. The smallest absolute Gasteiger partial charge is 0.308 e. The van der Waals surface area contributed by atoms with Gasteiger partial charge in [0.05, 0.1) is 14.2 Å². The summed E-state index contributed by atoms with van der Waals surface area (Å²) in [6, 6.07) is 12.0. The maximum Gasteiger partial charge on any atom is 0.308 e. The van der Waals surface area contributed by atoms with Crippen molar-refractivity contribution in [2.45, 2.75) is 6.92 Å². The number of carbonyl (C=O) groups is 1. The quantitative estimate of drug-likeness (QED) is 0.535. The molecule has 0 aliphatic rings. The molecular weight excluding hydrogens is 324 g/mol. The van der Waals surface area contributed by atoms with E-state index >= 15 is 0 Å². The summed E-state index contributed by atoms with van der Waals surface area (Å²) < 4.78 is 21.7. The Hall–Kier alpha value is -3.28. The van der Waals surface area contributed by atoms with Gasteiger partial charge in [-0.1, -0.05) is 30.3 Å². The predicted octanol–water partition coefficient (Wildman–Crippen LogP) is 3.40. The van der Waals surface area contributed by atoms with Crippen LogP contribution in [0.5, 0.6) is 17.2 Å². The van der Waals surface area contributed by atoms with Crippen molar-refractivity contribution in [1.29, 1.82) is 0 Å². The van der Waals surface area contributed by atoms with Crippen molar-refractivity contribution in [3.05, 3.63) is 52.7 Å². The fraction of sp³-hybridized carbons (Fsp3) is 0.158. The van der Waals surface area contributed by atoms with Gasteiger partial charge in [-0.25, -0.2) is 0 Å². The SMILES string of the molecule is COc1c(OC(C)=O)cc(OC)c2c(=O)cc(-c3ccccc3)oc12. The largest absolute Gasteiger partial charge is 0.496 e. The van der Waals surface area contributed by atoms with Gasteiger partial charge in [0.15, 0.2) is 16.8 Å². The Bertz CT molecular complexity index is 988. The van der Waals surface area contributed by atoms with Gasteiger partial charge >= 0.3 is 5.97 Å². The van der Waals surface area contributed by atoms with Crippen molar-refractivity contribution in [3.63, 3.8) is 0 Å². The molecule has 0 unspecified atom stereocenters. The fourth-order valence-corrected chi connectivity index (χ4v) is 2.59. The predicted molar refractivity (Wildman–Crippen MR) is 92.3 cm³/mol. The highest BCUT2D eigenvalue weighted by Gasteiger charge is 2.21. The molecule has 0 fully saturated rings. The molecular formula is C19H16O6. The molecule has 25 heavy (non-hydrogen) atoms. The van der Waals surface area contributed by atoms with Crippen LogP contribution < -0.4 is 19.6 Å². The molecule has 0 radical (unpaired) electrons. The van der Waals surface area contributed by atoms with Crippen LogP contribution in [0.3, 0.4) is 0 Å². The third-order valence-corrected chi connectivity index (χ3v) is 3.62. The summed E-state index contributed by atoms with van der Waals surface area (Å²) in [6.07, 6.45) is 0. The molecule has 0 N–H and O–H groups in total. The van der Waals surface area contributed by atoms with Crippen LogP contribution in [0.15, 0.2) is 51.7 Å². The molecule has 6 nitrogen and oxygen atoms in total. The number of hydrogen-bond acceptors (Lipinski definition) is 6. The van der Waals surface area contributed by atoms with Crippen LogP contribution in [0.1, 0.15) is 6.92 Å². The minimum Gasteiger partial charge on any atom is -0.496 e. The van der Waals surface area contributed by atoms with Crippen LogP contribution in [0, 0.1) is 0 Å². The average molecular weight is 340 g/mol. The lowest BCUT2D eigenvalue weighted by molar-refractivity contribution is -0.132.